The summed E-state index contributed by atoms with van der Waals surface area (Å²) in [6.45, 7) is 4.76. The Kier molecular flexibility index (Phi) is 3.31. The third-order valence-electron chi connectivity index (χ3n) is 4.73. The van der Waals surface area contributed by atoms with E-state index in [9.17, 15) is 0 Å². The van der Waals surface area contributed by atoms with Gasteiger partial charge < -0.3 is 18.4 Å². The Bertz CT molecular complexity index is 927. The molecule has 0 saturated carbocycles. The maximum absolute atomic E-state index is 5.71. The van der Waals surface area contributed by atoms with Gasteiger partial charge >= 0.3 is 0 Å². The molecular formula is C19H18N2O4. The fraction of sp³-hybridized carbons (Fsp3) is 0.316. The summed E-state index contributed by atoms with van der Waals surface area (Å²) >= 11 is 0. The molecule has 3 aromatic rings. The Labute approximate surface area is 144 Å². The fourth-order valence-corrected chi connectivity index (χ4v) is 3.46. The van der Waals surface area contributed by atoms with Crippen LogP contribution in [0.5, 0.6) is 11.5 Å². The smallest absolute Gasteiger partial charge is 0.231 e. The van der Waals surface area contributed by atoms with E-state index in [4.69, 9.17) is 18.4 Å². The molecule has 2 aliphatic rings. The second kappa shape index (κ2) is 5.67. The lowest BCUT2D eigenvalue weighted by Crippen LogP contribution is -2.29. The van der Waals surface area contributed by atoms with E-state index in [-0.39, 0.29) is 6.79 Å². The summed E-state index contributed by atoms with van der Waals surface area (Å²) in [7, 11) is 0. The molecule has 6 nitrogen and oxygen atoms in total. The molecule has 5 rings (SSSR count). The molecule has 128 valence electrons. The van der Waals surface area contributed by atoms with Crippen molar-refractivity contribution in [3.63, 3.8) is 0 Å². The third kappa shape index (κ3) is 2.59. The molecule has 0 bridgehead atoms. The molecule has 0 spiro atoms. The van der Waals surface area contributed by atoms with Crippen LogP contribution in [0.4, 0.5) is 0 Å². The highest BCUT2D eigenvalue weighted by Crippen LogP contribution is 2.38. The number of hydrogen-bond donors (Lipinski definition) is 0. The maximum atomic E-state index is 5.71. The molecule has 0 atom stereocenters. The highest BCUT2D eigenvalue weighted by Gasteiger charge is 2.26. The van der Waals surface area contributed by atoms with E-state index in [1.807, 2.05) is 37.3 Å². The Balaban J connectivity index is 1.42. The maximum Gasteiger partial charge on any atom is 0.231 e. The molecule has 4 heterocycles. The summed E-state index contributed by atoms with van der Waals surface area (Å²) in [5.74, 6) is 4.43. The van der Waals surface area contributed by atoms with Crippen LogP contribution in [0.15, 0.2) is 39.3 Å². The minimum absolute atomic E-state index is 0.270. The van der Waals surface area contributed by atoms with Crippen molar-refractivity contribution in [1.29, 1.82) is 0 Å². The van der Waals surface area contributed by atoms with E-state index in [1.165, 1.54) is 0 Å². The fourth-order valence-electron chi connectivity index (χ4n) is 3.46. The summed E-state index contributed by atoms with van der Waals surface area (Å²) < 4.78 is 22.2. The monoisotopic (exact) mass is 338 g/mol. The largest absolute Gasteiger partial charge is 0.465 e. The molecule has 0 N–H and O–H groups in total. The third-order valence-corrected chi connectivity index (χ3v) is 4.73. The van der Waals surface area contributed by atoms with Gasteiger partial charge in [0.15, 0.2) is 11.5 Å². The van der Waals surface area contributed by atoms with Crippen molar-refractivity contribution in [2.75, 3.05) is 13.3 Å². The highest BCUT2D eigenvalue weighted by atomic mass is 16.7. The topological polar surface area (TPSA) is 60.9 Å². The van der Waals surface area contributed by atoms with E-state index in [0.29, 0.717) is 0 Å². The predicted molar refractivity (Wildman–Crippen MR) is 89.3 cm³/mol. The number of hydrogen-bond acceptors (Lipinski definition) is 6. The van der Waals surface area contributed by atoms with Crippen LogP contribution < -0.4 is 9.47 Å². The molecule has 2 aromatic heterocycles. The summed E-state index contributed by atoms with van der Waals surface area (Å²) in [4.78, 5) is 2.36. The van der Waals surface area contributed by atoms with Gasteiger partial charge in [-0.05, 0) is 37.3 Å². The van der Waals surface area contributed by atoms with Crippen molar-refractivity contribution in [3.05, 3.63) is 53.2 Å². The van der Waals surface area contributed by atoms with Crippen LogP contribution in [0.1, 0.15) is 22.8 Å². The first kappa shape index (κ1) is 14.6. The predicted octanol–water partition coefficient (Wildman–Crippen LogP) is 3.53. The van der Waals surface area contributed by atoms with Crippen molar-refractivity contribution in [2.45, 2.75) is 26.4 Å². The number of aryl methyl sites for hydroxylation is 1. The number of aromatic nitrogens is 1. The zero-order valence-electron chi connectivity index (χ0n) is 13.9. The molecule has 25 heavy (non-hydrogen) atoms. The number of furan rings is 1. The van der Waals surface area contributed by atoms with Crippen LogP contribution in [-0.4, -0.2) is 23.4 Å². The van der Waals surface area contributed by atoms with Crippen LogP contribution in [0.3, 0.4) is 0 Å². The molecule has 1 aromatic carbocycles. The van der Waals surface area contributed by atoms with Crippen LogP contribution in [0.25, 0.3) is 11.3 Å². The van der Waals surface area contributed by atoms with E-state index in [1.54, 1.807) is 0 Å². The standard InChI is InChI=1S/C19H18N2O4/c1-12-2-4-14(24-12)9-21-7-6-16-15(10-21)19(20-25-16)13-3-5-17-18(8-13)23-11-22-17/h2-5,8H,6-7,9-11H2,1H3. The van der Waals surface area contributed by atoms with Gasteiger partial charge in [0.2, 0.25) is 6.79 Å². The van der Waals surface area contributed by atoms with Gasteiger partial charge in [0.1, 0.15) is 23.0 Å². The van der Waals surface area contributed by atoms with Crippen molar-refractivity contribution >= 4 is 0 Å². The molecule has 0 unspecified atom stereocenters. The van der Waals surface area contributed by atoms with Gasteiger partial charge in [-0.3, -0.25) is 4.90 Å². The molecule has 2 aliphatic heterocycles. The normalized spacial score (nSPS) is 16.2. The Morgan fingerprint density at radius 3 is 2.92 bits per heavy atom. The lowest BCUT2D eigenvalue weighted by atomic mass is 10.0. The zero-order valence-corrected chi connectivity index (χ0v) is 13.9. The van der Waals surface area contributed by atoms with Gasteiger partial charge in [0.25, 0.3) is 0 Å². The lowest BCUT2D eigenvalue weighted by Gasteiger charge is -2.25. The SMILES string of the molecule is Cc1ccc(CN2CCc3onc(-c4ccc5c(c4)OCO5)c3C2)o1. The molecule has 0 aliphatic carbocycles. The lowest BCUT2D eigenvalue weighted by molar-refractivity contribution is 0.174. The second-order valence-corrected chi connectivity index (χ2v) is 6.47. The van der Waals surface area contributed by atoms with Crippen molar-refractivity contribution in [2.24, 2.45) is 0 Å². The van der Waals surface area contributed by atoms with Crippen LogP contribution >= 0.6 is 0 Å². The molecular weight excluding hydrogens is 320 g/mol. The summed E-state index contributed by atoms with van der Waals surface area (Å²) in [5.41, 5.74) is 3.02. The van der Waals surface area contributed by atoms with Gasteiger partial charge in [-0.25, -0.2) is 0 Å². The minimum Gasteiger partial charge on any atom is -0.465 e. The molecule has 0 saturated heterocycles. The Morgan fingerprint density at radius 2 is 2.04 bits per heavy atom. The van der Waals surface area contributed by atoms with Gasteiger partial charge in [0, 0.05) is 30.6 Å². The average molecular weight is 338 g/mol. The van der Waals surface area contributed by atoms with E-state index < -0.39 is 0 Å². The molecule has 6 heteroatoms. The molecule has 0 fully saturated rings. The number of rotatable bonds is 3. The van der Waals surface area contributed by atoms with Crippen molar-refractivity contribution in [1.82, 2.24) is 10.1 Å². The van der Waals surface area contributed by atoms with Gasteiger partial charge in [0.05, 0.1) is 6.54 Å². The van der Waals surface area contributed by atoms with Crippen LogP contribution in [0.2, 0.25) is 0 Å². The van der Waals surface area contributed by atoms with Crippen LogP contribution in [-0.2, 0) is 19.5 Å². The number of benzene rings is 1. The van der Waals surface area contributed by atoms with Crippen LogP contribution in [0, 0.1) is 6.92 Å². The zero-order chi connectivity index (χ0) is 16.8. The first-order valence-electron chi connectivity index (χ1n) is 8.41. The first-order chi connectivity index (χ1) is 12.3. The summed E-state index contributed by atoms with van der Waals surface area (Å²) in [6.07, 6.45) is 0.854. The highest BCUT2D eigenvalue weighted by molar-refractivity contribution is 5.67. The van der Waals surface area contributed by atoms with E-state index in [0.717, 1.165) is 71.7 Å². The summed E-state index contributed by atoms with van der Waals surface area (Å²) in [5, 5.41) is 4.32. The number of ether oxygens (including phenoxy) is 2. The quantitative estimate of drug-likeness (QED) is 0.728. The Morgan fingerprint density at radius 1 is 1.12 bits per heavy atom. The first-order valence-corrected chi connectivity index (χ1v) is 8.41. The molecule has 0 amide bonds. The van der Waals surface area contributed by atoms with E-state index in [2.05, 4.69) is 10.1 Å². The second-order valence-electron chi connectivity index (χ2n) is 6.47. The average Bonchev–Trinajstić information content (AvgIpc) is 3.33. The minimum atomic E-state index is 0.270. The number of fused-ring (bicyclic) bond motifs is 2. The van der Waals surface area contributed by atoms with Gasteiger partial charge in [-0.15, -0.1) is 0 Å². The van der Waals surface area contributed by atoms with E-state index >= 15 is 0 Å². The van der Waals surface area contributed by atoms with Crippen molar-refractivity contribution in [3.8, 4) is 22.8 Å². The summed E-state index contributed by atoms with van der Waals surface area (Å²) in [6, 6.07) is 9.93. The van der Waals surface area contributed by atoms with Gasteiger partial charge in [-0.1, -0.05) is 5.16 Å². The Hall–Kier alpha value is -2.73. The number of nitrogens with zero attached hydrogens (tertiary/aromatic N) is 2. The van der Waals surface area contributed by atoms with Gasteiger partial charge in [-0.2, -0.15) is 0 Å². The van der Waals surface area contributed by atoms with Crippen molar-refractivity contribution < 1.29 is 18.4 Å². The molecule has 0 radical (unpaired) electrons.